The van der Waals surface area contributed by atoms with E-state index < -0.39 is 5.60 Å². The molecule has 0 aliphatic heterocycles. The number of aliphatic hydroxyl groups is 1. The highest BCUT2D eigenvalue weighted by molar-refractivity contribution is 7.98. The molecule has 0 aromatic heterocycles. The van der Waals surface area contributed by atoms with Gasteiger partial charge in [-0.2, -0.15) is 11.8 Å². The fraction of sp³-hybridized carbons (Fsp3) is 0.929. The van der Waals surface area contributed by atoms with E-state index in [4.69, 9.17) is 0 Å². The zero-order valence-electron chi connectivity index (χ0n) is 11.7. The molecule has 0 saturated heterocycles. The first-order chi connectivity index (χ1) is 8.53. The molecule has 0 radical (unpaired) electrons. The molecule has 3 nitrogen and oxygen atoms in total. The third-order valence-corrected chi connectivity index (χ3v) is 4.52. The Morgan fingerprint density at radius 2 is 2.11 bits per heavy atom. The Kier molecular flexibility index (Phi) is 7.08. The molecule has 4 heteroatoms. The summed E-state index contributed by atoms with van der Waals surface area (Å²) in [6.07, 6.45) is 10.2. The fourth-order valence-corrected chi connectivity index (χ4v) is 3.31. The molecule has 0 bridgehead atoms. The number of hydrogen-bond acceptors (Lipinski definition) is 3. The molecule has 1 amide bonds. The molecule has 2 N–H and O–H groups in total. The first-order valence-corrected chi connectivity index (χ1v) is 8.41. The van der Waals surface area contributed by atoms with Gasteiger partial charge in [0, 0.05) is 18.7 Å². The van der Waals surface area contributed by atoms with Gasteiger partial charge >= 0.3 is 0 Å². The van der Waals surface area contributed by atoms with Gasteiger partial charge in [-0.1, -0.05) is 25.7 Å². The Hall–Kier alpha value is -0.220. The third kappa shape index (κ3) is 6.64. The monoisotopic (exact) mass is 273 g/mol. The molecule has 0 spiro atoms. The van der Waals surface area contributed by atoms with Crippen LogP contribution in [0.5, 0.6) is 0 Å². The average Bonchev–Trinajstić information content (AvgIpc) is 2.79. The fourth-order valence-electron chi connectivity index (χ4n) is 2.59. The van der Waals surface area contributed by atoms with E-state index in [1.165, 1.54) is 32.1 Å². The molecule has 0 aromatic rings. The van der Waals surface area contributed by atoms with Crippen molar-refractivity contribution in [3.05, 3.63) is 0 Å². The maximum Gasteiger partial charge on any atom is 0.220 e. The summed E-state index contributed by atoms with van der Waals surface area (Å²) in [6, 6.07) is 0. The van der Waals surface area contributed by atoms with Gasteiger partial charge in [0.15, 0.2) is 0 Å². The van der Waals surface area contributed by atoms with Crippen LogP contribution in [-0.4, -0.2) is 35.2 Å². The van der Waals surface area contributed by atoms with Crippen LogP contribution in [0.15, 0.2) is 0 Å². The lowest BCUT2D eigenvalue weighted by Gasteiger charge is -2.22. The van der Waals surface area contributed by atoms with Crippen LogP contribution in [0.4, 0.5) is 0 Å². The van der Waals surface area contributed by atoms with Gasteiger partial charge in [-0.25, -0.2) is 0 Å². The lowest BCUT2D eigenvalue weighted by atomic mass is 10.0. The standard InChI is InChI=1S/C14H27NO2S/c1-14(17,11-18-2)10-15-13(16)9-5-8-12-6-3-4-7-12/h12,17H,3-11H2,1-2H3,(H,15,16). The van der Waals surface area contributed by atoms with Gasteiger partial charge in [0.1, 0.15) is 0 Å². The van der Waals surface area contributed by atoms with Crippen molar-refractivity contribution in [3.63, 3.8) is 0 Å². The number of rotatable bonds is 8. The molecule has 1 aliphatic carbocycles. The SMILES string of the molecule is CSCC(C)(O)CNC(=O)CCCC1CCCC1. The Morgan fingerprint density at radius 3 is 2.72 bits per heavy atom. The number of carbonyl (C=O) groups excluding carboxylic acids is 1. The molecule has 1 saturated carbocycles. The van der Waals surface area contributed by atoms with Crippen LogP contribution in [0.3, 0.4) is 0 Å². The molecule has 1 atom stereocenters. The van der Waals surface area contributed by atoms with Crippen molar-refractivity contribution < 1.29 is 9.90 Å². The van der Waals surface area contributed by atoms with Crippen molar-refractivity contribution in [1.29, 1.82) is 0 Å². The maximum absolute atomic E-state index is 11.6. The van der Waals surface area contributed by atoms with Crippen LogP contribution in [0.25, 0.3) is 0 Å². The van der Waals surface area contributed by atoms with E-state index in [2.05, 4.69) is 5.32 Å². The van der Waals surface area contributed by atoms with E-state index in [1.54, 1.807) is 18.7 Å². The van der Waals surface area contributed by atoms with Gasteiger partial charge in [-0.15, -0.1) is 0 Å². The Bertz CT molecular complexity index is 250. The molecule has 0 heterocycles. The number of amides is 1. The summed E-state index contributed by atoms with van der Waals surface area (Å²) < 4.78 is 0. The molecular formula is C14H27NO2S. The summed E-state index contributed by atoms with van der Waals surface area (Å²) in [5, 5.41) is 12.8. The second kappa shape index (κ2) is 8.05. The summed E-state index contributed by atoms with van der Waals surface area (Å²) >= 11 is 1.59. The molecule has 1 rings (SSSR count). The number of hydrogen-bond donors (Lipinski definition) is 2. The lowest BCUT2D eigenvalue weighted by Crippen LogP contribution is -2.42. The number of nitrogens with one attached hydrogen (secondary N) is 1. The second-order valence-electron chi connectivity index (χ2n) is 5.75. The first-order valence-electron chi connectivity index (χ1n) is 7.01. The average molecular weight is 273 g/mol. The molecule has 18 heavy (non-hydrogen) atoms. The lowest BCUT2D eigenvalue weighted by molar-refractivity contribution is -0.122. The molecule has 1 fully saturated rings. The van der Waals surface area contributed by atoms with E-state index in [0.717, 1.165) is 12.3 Å². The summed E-state index contributed by atoms with van der Waals surface area (Å²) in [5.41, 5.74) is -0.791. The summed E-state index contributed by atoms with van der Waals surface area (Å²) in [5.74, 6) is 1.58. The predicted molar refractivity (Wildman–Crippen MR) is 77.8 cm³/mol. The van der Waals surface area contributed by atoms with E-state index in [-0.39, 0.29) is 5.91 Å². The van der Waals surface area contributed by atoms with Gasteiger partial charge in [-0.3, -0.25) is 4.79 Å². The second-order valence-corrected chi connectivity index (χ2v) is 6.62. The van der Waals surface area contributed by atoms with Gasteiger partial charge in [0.05, 0.1) is 5.60 Å². The van der Waals surface area contributed by atoms with E-state index >= 15 is 0 Å². The summed E-state index contributed by atoms with van der Waals surface area (Å²) in [4.78, 5) is 11.6. The first kappa shape index (κ1) is 15.8. The topological polar surface area (TPSA) is 49.3 Å². The zero-order valence-corrected chi connectivity index (χ0v) is 12.5. The summed E-state index contributed by atoms with van der Waals surface area (Å²) in [6.45, 7) is 2.12. The smallest absolute Gasteiger partial charge is 0.220 e. The van der Waals surface area contributed by atoms with Gasteiger partial charge < -0.3 is 10.4 Å². The normalized spacial score (nSPS) is 19.7. The quantitative estimate of drug-likeness (QED) is 0.714. The molecule has 1 aliphatic rings. The minimum Gasteiger partial charge on any atom is -0.387 e. The van der Waals surface area contributed by atoms with Gasteiger partial charge in [0.2, 0.25) is 5.91 Å². The van der Waals surface area contributed by atoms with Crippen molar-refractivity contribution >= 4 is 17.7 Å². The zero-order chi connectivity index (χ0) is 13.4. The van der Waals surface area contributed by atoms with Crippen LogP contribution >= 0.6 is 11.8 Å². The highest BCUT2D eigenvalue weighted by atomic mass is 32.2. The van der Waals surface area contributed by atoms with Crippen molar-refractivity contribution in [1.82, 2.24) is 5.32 Å². The summed E-state index contributed by atoms with van der Waals surface area (Å²) in [7, 11) is 0. The van der Waals surface area contributed by atoms with Crippen LogP contribution < -0.4 is 5.32 Å². The van der Waals surface area contributed by atoms with Crippen LogP contribution in [0.1, 0.15) is 51.9 Å². The van der Waals surface area contributed by atoms with Gasteiger partial charge in [0.25, 0.3) is 0 Å². The molecule has 1 unspecified atom stereocenters. The third-order valence-electron chi connectivity index (χ3n) is 3.61. The van der Waals surface area contributed by atoms with Crippen molar-refractivity contribution in [3.8, 4) is 0 Å². The number of carbonyl (C=O) groups is 1. The Morgan fingerprint density at radius 1 is 1.44 bits per heavy atom. The van der Waals surface area contributed by atoms with Crippen molar-refractivity contribution in [2.24, 2.45) is 5.92 Å². The van der Waals surface area contributed by atoms with Crippen molar-refractivity contribution in [2.75, 3.05) is 18.6 Å². The van der Waals surface area contributed by atoms with Crippen molar-refractivity contribution in [2.45, 2.75) is 57.5 Å². The largest absolute Gasteiger partial charge is 0.387 e. The van der Waals surface area contributed by atoms with E-state index in [1.807, 2.05) is 6.26 Å². The minimum absolute atomic E-state index is 0.0781. The Labute approximate surface area is 115 Å². The predicted octanol–water partition coefficient (Wildman–Crippen LogP) is 2.58. The van der Waals surface area contributed by atoms with Crippen LogP contribution in [0, 0.1) is 5.92 Å². The molecule has 106 valence electrons. The molecule has 0 aromatic carbocycles. The van der Waals surface area contributed by atoms with Gasteiger partial charge in [-0.05, 0) is 31.9 Å². The van der Waals surface area contributed by atoms with Crippen LogP contribution in [0.2, 0.25) is 0 Å². The highest BCUT2D eigenvalue weighted by Gasteiger charge is 2.20. The maximum atomic E-state index is 11.6. The Balaban J connectivity index is 2.06. The van der Waals surface area contributed by atoms with Crippen LogP contribution in [-0.2, 0) is 4.79 Å². The van der Waals surface area contributed by atoms with E-state index in [9.17, 15) is 9.90 Å². The van der Waals surface area contributed by atoms with E-state index in [0.29, 0.717) is 18.7 Å². The highest BCUT2D eigenvalue weighted by Crippen LogP contribution is 2.28. The number of thioether (sulfide) groups is 1. The minimum atomic E-state index is -0.791. The molecular weight excluding hydrogens is 246 g/mol.